The SMILES string of the molecule is CC(C)C[C@H](CN[C@H]1CCOC1O)NC(=O)CC(C)(C)C. The Hall–Kier alpha value is -0.650. The standard InChI is InChI=1S/C16H32N2O3/c1-11(2)8-12(18-14(19)9-16(3,4)5)10-17-13-6-7-21-15(13)20/h11-13,15,17,20H,6-10H2,1-5H3,(H,18,19)/t12-,13+,15?/m1/s1. The van der Waals surface area contributed by atoms with E-state index >= 15 is 0 Å². The zero-order valence-electron chi connectivity index (χ0n) is 14.1. The molecule has 0 spiro atoms. The number of carbonyl (C=O) groups is 1. The Labute approximate surface area is 128 Å². The molecule has 0 radical (unpaired) electrons. The van der Waals surface area contributed by atoms with Gasteiger partial charge in [0, 0.05) is 19.0 Å². The second-order valence-electron chi connectivity index (χ2n) is 7.70. The quantitative estimate of drug-likeness (QED) is 0.668. The Kier molecular flexibility index (Phi) is 7.10. The second kappa shape index (κ2) is 8.11. The third kappa shape index (κ3) is 7.79. The van der Waals surface area contributed by atoms with Crippen molar-refractivity contribution >= 4 is 5.91 Å². The van der Waals surface area contributed by atoms with E-state index < -0.39 is 6.29 Å². The normalized spacial score (nSPS) is 24.3. The molecule has 21 heavy (non-hydrogen) atoms. The minimum absolute atomic E-state index is 0.00458. The summed E-state index contributed by atoms with van der Waals surface area (Å²) < 4.78 is 5.13. The van der Waals surface area contributed by atoms with Crippen molar-refractivity contribution in [3.8, 4) is 0 Å². The lowest BCUT2D eigenvalue weighted by atomic mass is 9.91. The molecule has 0 aromatic carbocycles. The minimum Gasteiger partial charge on any atom is -0.367 e. The van der Waals surface area contributed by atoms with Crippen LogP contribution in [0.5, 0.6) is 0 Å². The molecule has 1 unspecified atom stereocenters. The highest BCUT2D eigenvalue weighted by Crippen LogP contribution is 2.18. The number of ether oxygens (including phenoxy) is 1. The van der Waals surface area contributed by atoms with E-state index in [4.69, 9.17) is 4.74 Å². The largest absolute Gasteiger partial charge is 0.367 e. The summed E-state index contributed by atoms with van der Waals surface area (Å²) in [6.45, 7) is 11.7. The number of hydrogen-bond donors (Lipinski definition) is 3. The van der Waals surface area contributed by atoms with Crippen LogP contribution in [0.15, 0.2) is 0 Å². The van der Waals surface area contributed by atoms with Crippen molar-refractivity contribution in [1.82, 2.24) is 10.6 Å². The lowest BCUT2D eigenvalue weighted by molar-refractivity contribution is -0.123. The van der Waals surface area contributed by atoms with Crippen molar-refractivity contribution in [2.45, 2.75) is 72.3 Å². The van der Waals surface area contributed by atoms with Crippen molar-refractivity contribution in [2.24, 2.45) is 11.3 Å². The van der Waals surface area contributed by atoms with Gasteiger partial charge in [-0.05, 0) is 24.2 Å². The van der Waals surface area contributed by atoms with Crippen LogP contribution in [0.2, 0.25) is 0 Å². The molecule has 1 rings (SSSR count). The number of amides is 1. The van der Waals surface area contributed by atoms with E-state index in [-0.39, 0.29) is 23.4 Å². The van der Waals surface area contributed by atoms with Crippen molar-refractivity contribution in [3.05, 3.63) is 0 Å². The van der Waals surface area contributed by atoms with Gasteiger partial charge in [0.05, 0.1) is 12.6 Å². The zero-order chi connectivity index (χ0) is 16.0. The summed E-state index contributed by atoms with van der Waals surface area (Å²) >= 11 is 0. The average molecular weight is 300 g/mol. The van der Waals surface area contributed by atoms with Gasteiger partial charge in [0.25, 0.3) is 0 Å². The predicted molar refractivity (Wildman–Crippen MR) is 83.8 cm³/mol. The van der Waals surface area contributed by atoms with Crippen LogP contribution < -0.4 is 10.6 Å². The van der Waals surface area contributed by atoms with Crippen LogP contribution in [0.25, 0.3) is 0 Å². The Morgan fingerprint density at radius 1 is 1.38 bits per heavy atom. The van der Waals surface area contributed by atoms with Crippen LogP contribution in [0.3, 0.4) is 0 Å². The van der Waals surface area contributed by atoms with Crippen molar-refractivity contribution in [2.75, 3.05) is 13.2 Å². The summed E-state index contributed by atoms with van der Waals surface area (Å²) in [5.41, 5.74) is -0.00458. The maximum absolute atomic E-state index is 12.1. The molecule has 0 aliphatic carbocycles. The Morgan fingerprint density at radius 3 is 2.52 bits per heavy atom. The lowest BCUT2D eigenvalue weighted by Crippen LogP contribution is -2.48. The minimum atomic E-state index is -0.727. The monoisotopic (exact) mass is 300 g/mol. The topological polar surface area (TPSA) is 70.6 Å². The maximum atomic E-state index is 12.1. The predicted octanol–water partition coefficient (Wildman–Crippen LogP) is 1.65. The average Bonchev–Trinajstić information content (AvgIpc) is 2.68. The van der Waals surface area contributed by atoms with Crippen molar-refractivity contribution in [1.29, 1.82) is 0 Å². The molecule has 0 bridgehead atoms. The highest BCUT2D eigenvalue weighted by atomic mass is 16.6. The van der Waals surface area contributed by atoms with Gasteiger partial charge in [-0.2, -0.15) is 0 Å². The Bertz CT molecular complexity index is 326. The van der Waals surface area contributed by atoms with E-state index in [9.17, 15) is 9.90 Å². The number of rotatable bonds is 7. The number of aliphatic hydroxyl groups excluding tert-OH is 1. The molecule has 1 amide bonds. The summed E-state index contributed by atoms with van der Waals surface area (Å²) in [6.07, 6.45) is 1.53. The Morgan fingerprint density at radius 2 is 2.05 bits per heavy atom. The molecule has 1 heterocycles. The van der Waals surface area contributed by atoms with Crippen LogP contribution in [0, 0.1) is 11.3 Å². The summed E-state index contributed by atoms with van der Waals surface area (Å²) in [5, 5.41) is 16.1. The van der Waals surface area contributed by atoms with Crippen molar-refractivity contribution in [3.63, 3.8) is 0 Å². The first-order valence-electron chi connectivity index (χ1n) is 8.00. The summed E-state index contributed by atoms with van der Waals surface area (Å²) in [4.78, 5) is 12.1. The van der Waals surface area contributed by atoms with E-state index in [0.717, 1.165) is 12.8 Å². The molecule has 0 aromatic rings. The van der Waals surface area contributed by atoms with Crippen LogP contribution in [-0.2, 0) is 9.53 Å². The van der Waals surface area contributed by atoms with E-state index in [2.05, 4.69) is 45.3 Å². The Balaban J connectivity index is 2.45. The van der Waals surface area contributed by atoms with E-state index in [1.807, 2.05) is 0 Å². The second-order valence-corrected chi connectivity index (χ2v) is 7.70. The van der Waals surface area contributed by atoms with Crippen LogP contribution in [0.4, 0.5) is 0 Å². The van der Waals surface area contributed by atoms with Gasteiger partial charge < -0.3 is 20.5 Å². The smallest absolute Gasteiger partial charge is 0.220 e. The first-order chi connectivity index (χ1) is 9.67. The van der Waals surface area contributed by atoms with E-state index in [1.165, 1.54) is 0 Å². The fourth-order valence-electron chi connectivity index (χ4n) is 2.59. The maximum Gasteiger partial charge on any atom is 0.220 e. The highest BCUT2D eigenvalue weighted by molar-refractivity contribution is 5.76. The molecule has 3 N–H and O–H groups in total. The summed E-state index contributed by atoms with van der Waals surface area (Å²) in [6, 6.07) is 0.0619. The molecule has 1 saturated heterocycles. The molecule has 1 aliphatic heterocycles. The molecule has 124 valence electrons. The molecular formula is C16H32N2O3. The molecule has 0 saturated carbocycles. The molecule has 0 aromatic heterocycles. The zero-order valence-corrected chi connectivity index (χ0v) is 14.1. The van der Waals surface area contributed by atoms with Crippen LogP contribution in [0.1, 0.15) is 53.9 Å². The first kappa shape index (κ1) is 18.4. The molecule has 5 heteroatoms. The lowest BCUT2D eigenvalue weighted by Gasteiger charge is -2.25. The van der Waals surface area contributed by atoms with Gasteiger partial charge in [0.1, 0.15) is 0 Å². The third-order valence-electron chi connectivity index (χ3n) is 3.50. The number of nitrogens with one attached hydrogen (secondary N) is 2. The van der Waals surface area contributed by atoms with Gasteiger partial charge in [-0.1, -0.05) is 34.6 Å². The van der Waals surface area contributed by atoms with Gasteiger partial charge in [-0.25, -0.2) is 0 Å². The highest BCUT2D eigenvalue weighted by Gasteiger charge is 2.27. The van der Waals surface area contributed by atoms with E-state index in [0.29, 0.717) is 25.5 Å². The van der Waals surface area contributed by atoms with Crippen LogP contribution >= 0.6 is 0 Å². The van der Waals surface area contributed by atoms with Gasteiger partial charge in [-0.15, -0.1) is 0 Å². The first-order valence-corrected chi connectivity index (χ1v) is 8.00. The fourth-order valence-corrected chi connectivity index (χ4v) is 2.59. The fraction of sp³-hybridized carbons (Fsp3) is 0.938. The third-order valence-corrected chi connectivity index (χ3v) is 3.50. The summed E-state index contributed by atoms with van der Waals surface area (Å²) in [5.74, 6) is 0.606. The van der Waals surface area contributed by atoms with Gasteiger partial charge in [0.15, 0.2) is 6.29 Å². The molecule has 3 atom stereocenters. The van der Waals surface area contributed by atoms with Crippen LogP contribution in [-0.4, -0.2) is 42.5 Å². The summed E-state index contributed by atoms with van der Waals surface area (Å²) in [7, 11) is 0. The number of carbonyl (C=O) groups excluding carboxylic acids is 1. The molecule has 1 fully saturated rings. The van der Waals surface area contributed by atoms with Gasteiger partial charge in [-0.3, -0.25) is 4.79 Å². The molecular weight excluding hydrogens is 268 g/mol. The van der Waals surface area contributed by atoms with Gasteiger partial charge >= 0.3 is 0 Å². The molecule has 1 aliphatic rings. The van der Waals surface area contributed by atoms with Gasteiger partial charge in [0.2, 0.25) is 5.91 Å². The van der Waals surface area contributed by atoms with E-state index in [1.54, 1.807) is 0 Å². The number of aliphatic hydroxyl groups is 1. The van der Waals surface area contributed by atoms with Crippen molar-refractivity contribution < 1.29 is 14.6 Å². The number of hydrogen-bond acceptors (Lipinski definition) is 4. The molecule has 5 nitrogen and oxygen atoms in total.